The molecular weight excluding hydrogens is 318 g/mol. The Balaban J connectivity index is 2.05. The monoisotopic (exact) mass is 341 g/mol. The smallest absolute Gasteiger partial charge is 0.314 e. The summed E-state index contributed by atoms with van der Waals surface area (Å²) in [5.74, 6) is -1.54. The van der Waals surface area contributed by atoms with Crippen molar-refractivity contribution in [3.05, 3.63) is 48.0 Å². The van der Waals surface area contributed by atoms with Crippen molar-refractivity contribution in [2.45, 2.75) is 20.8 Å². The van der Waals surface area contributed by atoms with Crippen molar-refractivity contribution in [2.75, 3.05) is 28.6 Å². The summed E-state index contributed by atoms with van der Waals surface area (Å²) in [7, 11) is 0. The first-order chi connectivity index (χ1) is 11.9. The summed E-state index contributed by atoms with van der Waals surface area (Å²) in [6, 6.07) is 11.7. The fraction of sp³-hybridized carbons (Fsp3) is 0.263. The number of hydrogen-bond acceptors (Lipinski definition) is 4. The van der Waals surface area contributed by atoms with Crippen LogP contribution >= 0.6 is 0 Å². The minimum absolute atomic E-state index is 0.0149. The number of benzene rings is 2. The second kappa shape index (κ2) is 8.19. The molecule has 3 N–H and O–H groups in total. The third kappa shape index (κ3) is 4.73. The molecule has 0 atom stereocenters. The molecule has 2 amide bonds. The Morgan fingerprint density at radius 3 is 2.28 bits per heavy atom. The zero-order valence-corrected chi connectivity index (χ0v) is 14.7. The molecule has 0 fully saturated rings. The molecule has 0 saturated carbocycles. The standard InChI is InChI=1S/C19H23N3O3/c1-4-22(5-2)15-9-10-17(13(3)11-15)21-19(25)18(24)20-14-7-6-8-16(23)12-14/h6-12,23H,4-5H2,1-3H3,(H,20,24)(H,21,25). The zero-order valence-electron chi connectivity index (χ0n) is 14.7. The summed E-state index contributed by atoms with van der Waals surface area (Å²) in [5, 5.41) is 14.5. The predicted octanol–water partition coefficient (Wildman–Crippen LogP) is 3.12. The van der Waals surface area contributed by atoms with Crippen LogP contribution in [-0.4, -0.2) is 30.0 Å². The second-order valence-electron chi connectivity index (χ2n) is 5.63. The number of phenols is 1. The second-order valence-corrected chi connectivity index (χ2v) is 5.63. The first-order valence-corrected chi connectivity index (χ1v) is 8.21. The summed E-state index contributed by atoms with van der Waals surface area (Å²) < 4.78 is 0. The van der Waals surface area contributed by atoms with Gasteiger partial charge in [0, 0.05) is 36.2 Å². The number of aryl methyl sites for hydroxylation is 1. The van der Waals surface area contributed by atoms with Crippen LogP contribution in [0, 0.1) is 6.92 Å². The molecule has 25 heavy (non-hydrogen) atoms. The van der Waals surface area contributed by atoms with Crippen molar-refractivity contribution in [1.29, 1.82) is 0 Å². The van der Waals surface area contributed by atoms with Crippen molar-refractivity contribution < 1.29 is 14.7 Å². The van der Waals surface area contributed by atoms with Gasteiger partial charge in [-0.05, 0) is 56.7 Å². The summed E-state index contributed by atoms with van der Waals surface area (Å²) in [6.07, 6.45) is 0. The highest BCUT2D eigenvalue weighted by Gasteiger charge is 2.15. The van der Waals surface area contributed by atoms with E-state index in [9.17, 15) is 14.7 Å². The highest BCUT2D eigenvalue weighted by Crippen LogP contribution is 2.23. The lowest BCUT2D eigenvalue weighted by atomic mass is 10.1. The minimum atomic E-state index is -0.794. The number of hydrogen-bond donors (Lipinski definition) is 3. The van der Waals surface area contributed by atoms with Crippen LogP contribution in [0.1, 0.15) is 19.4 Å². The molecular formula is C19H23N3O3. The fourth-order valence-electron chi connectivity index (χ4n) is 2.52. The van der Waals surface area contributed by atoms with Crippen molar-refractivity contribution in [1.82, 2.24) is 0 Å². The predicted molar refractivity (Wildman–Crippen MR) is 100 cm³/mol. The van der Waals surface area contributed by atoms with Crippen molar-refractivity contribution in [3.63, 3.8) is 0 Å². The van der Waals surface area contributed by atoms with E-state index in [1.807, 2.05) is 19.1 Å². The van der Waals surface area contributed by atoms with Gasteiger partial charge >= 0.3 is 11.8 Å². The van der Waals surface area contributed by atoms with Crippen LogP contribution in [0.15, 0.2) is 42.5 Å². The van der Waals surface area contributed by atoms with Crippen molar-refractivity contribution in [2.24, 2.45) is 0 Å². The number of carbonyl (C=O) groups is 2. The largest absolute Gasteiger partial charge is 0.508 e. The van der Waals surface area contributed by atoms with Gasteiger partial charge in [-0.1, -0.05) is 6.07 Å². The molecule has 0 bridgehead atoms. The summed E-state index contributed by atoms with van der Waals surface area (Å²) in [5.41, 5.74) is 2.90. The molecule has 2 rings (SSSR count). The van der Waals surface area contributed by atoms with Gasteiger partial charge in [0.15, 0.2) is 0 Å². The van der Waals surface area contributed by atoms with Gasteiger partial charge in [-0.15, -0.1) is 0 Å². The zero-order chi connectivity index (χ0) is 18.4. The third-order valence-electron chi connectivity index (χ3n) is 3.90. The molecule has 0 saturated heterocycles. The van der Waals surface area contributed by atoms with Gasteiger partial charge in [0.1, 0.15) is 5.75 Å². The van der Waals surface area contributed by atoms with Gasteiger partial charge in [-0.3, -0.25) is 9.59 Å². The molecule has 6 heteroatoms. The van der Waals surface area contributed by atoms with Gasteiger partial charge in [-0.2, -0.15) is 0 Å². The van der Waals surface area contributed by atoms with Gasteiger partial charge in [0.2, 0.25) is 0 Å². The number of carbonyl (C=O) groups excluding carboxylic acids is 2. The summed E-state index contributed by atoms with van der Waals surface area (Å²) in [6.45, 7) is 7.85. The van der Waals surface area contributed by atoms with E-state index < -0.39 is 11.8 Å². The average Bonchev–Trinajstić information content (AvgIpc) is 2.58. The molecule has 0 unspecified atom stereocenters. The van der Waals surface area contributed by atoms with Gasteiger partial charge in [-0.25, -0.2) is 0 Å². The number of rotatable bonds is 5. The van der Waals surface area contributed by atoms with Gasteiger partial charge in [0.05, 0.1) is 0 Å². The Kier molecular flexibility index (Phi) is 6.00. The van der Waals surface area contributed by atoms with E-state index in [0.29, 0.717) is 11.4 Å². The molecule has 0 radical (unpaired) electrons. The topological polar surface area (TPSA) is 81.7 Å². The van der Waals surface area contributed by atoms with Crippen LogP contribution in [0.4, 0.5) is 17.1 Å². The molecule has 0 spiro atoms. The van der Waals surface area contributed by atoms with E-state index in [1.165, 1.54) is 12.1 Å². The quantitative estimate of drug-likeness (QED) is 0.730. The number of anilines is 3. The van der Waals surface area contributed by atoms with Gasteiger partial charge < -0.3 is 20.6 Å². The number of aromatic hydroxyl groups is 1. The molecule has 0 aliphatic rings. The number of amides is 2. The van der Waals surface area contributed by atoms with Crippen LogP contribution in [0.25, 0.3) is 0 Å². The van der Waals surface area contributed by atoms with Crippen molar-refractivity contribution in [3.8, 4) is 5.75 Å². The highest BCUT2D eigenvalue weighted by molar-refractivity contribution is 6.43. The summed E-state index contributed by atoms with van der Waals surface area (Å²) >= 11 is 0. The SMILES string of the molecule is CCN(CC)c1ccc(NC(=O)C(=O)Nc2cccc(O)c2)c(C)c1. The Hall–Kier alpha value is -3.02. The lowest BCUT2D eigenvalue weighted by Crippen LogP contribution is -2.29. The Morgan fingerprint density at radius 1 is 1.00 bits per heavy atom. The lowest BCUT2D eigenvalue weighted by Gasteiger charge is -2.22. The summed E-state index contributed by atoms with van der Waals surface area (Å²) in [4.78, 5) is 26.3. The van der Waals surface area contributed by atoms with E-state index in [1.54, 1.807) is 18.2 Å². The van der Waals surface area contributed by atoms with Gasteiger partial charge in [0.25, 0.3) is 0 Å². The highest BCUT2D eigenvalue weighted by atomic mass is 16.3. The molecule has 2 aromatic carbocycles. The van der Waals surface area contributed by atoms with Crippen LogP contribution < -0.4 is 15.5 Å². The Bertz CT molecular complexity index is 770. The maximum absolute atomic E-state index is 12.1. The van der Waals surface area contributed by atoms with Crippen LogP contribution in [0.2, 0.25) is 0 Å². The number of phenolic OH excluding ortho intramolecular Hbond substituents is 1. The molecule has 0 aliphatic carbocycles. The first-order valence-electron chi connectivity index (χ1n) is 8.21. The minimum Gasteiger partial charge on any atom is -0.508 e. The lowest BCUT2D eigenvalue weighted by molar-refractivity contribution is -0.133. The van der Waals surface area contributed by atoms with Crippen molar-refractivity contribution >= 4 is 28.9 Å². The van der Waals surface area contributed by atoms with E-state index >= 15 is 0 Å². The molecule has 0 heterocycles. The maximum atomic E-state index is 12.1. The number of nitrogens with one attached hydrogen (secondary N) is 2. The molecule has 2 aromatic rings. The normalized spacial score (nSPS) is 10.2. The van der Waals surface area contributed by atoms with Crippen LogP contribution in [0.3, 0.4) is 0 Å². The van der Waals surface area contributed by atoms with E-state index in [-0.39, 0.29) is 5.75 Å². The average molecular weight is 341 g/mol. The molecule has 0 aliphatic heterocycles. The Morgan fingerprint density at radius 2 is 1.68 bits per heavy atom. The van der Waals surface area contributed by atoms with Crippen LogP contribution in [0.5, 0.6) is 5.75 Å². The fourth-order valence-corrected chi connectivity index (χ4v) is 2.52. The Labute approximate surface area is 147 Å². The maximum Gasteiger partial charge on any atom is 0.314 e. The van der Waals surface area contributed by atoms with Crippen LogP contribution in [-0.2, 0) is 9.59 Å². The van der Waals surface area contributed by atoms with E-state index in [2.05, 4.69) is 29.4 Å². The molecule has 132 valence electrons. The molecule has 6 nitrogen and oxygen atoms in total. The van der Waals surface area contributed by atoms with E-state index in [0.717, 1.165) is 24.3 Å². The molecule has 0 aromatic heterocycles. The number of nitrogens with zero attached hydrogens (tertiary/aromatic N) is 1. The third-order valence-corrected chi connectivity index (χ3v) is 3.90. The first kappa shape index (κ1) is 18.3. The van der Waals surface area contributed by atoms with E-state index in [4.69, 9.17) is 0 Å².